The molecule has 142 valence electrons. The number of phenols is 1. The highest BCUT2D eigenvalue weighted by Crippen LogP contribution is 2.12. The van der Waals surface area contributed by atoms with Crippen LogP contribution in [-0.4, -0.2) is 35.9 Å². The van der Waals surface area contributed by atoms with Gasteiger partial charge in [0.1, 0.15) is 11.5 Å². The SMILES string of the molecule is CCOC(=O)/C=C/c1ccc(OC)cc1.O=C(O)/C=C/c1ccc(O)cc1. The Morgan fingerprint density at radius 2 is 1.44 bits per heavy atom. The number of carboxylic acid groups (broad SMARTS) is 1. The van der Waals surface area contributed by atoms with Crippen LogP contribution in [0.4, 0.5) is 0 Å². The molecule has 6 heteroatoms. The molecule has 2 N–H and O–H groups in total. The van der Waals surface area contributed by atoms with Crippen molar-refractivity contribution in [3.8, 4) is 11.5 Å². The van der Waals surface area contributed by atoms with Crippen LogP contribution in [0, 0.1) is 0 Å². The van der Waals surface area contributed by atoms with Gasteiger partial charge < -0.3 is 19.7 Å². The van der Waals surface area contributed by atoms with Gasteiger partial charge >= 0.3 is 11.9 Å². The van der Waals surface area contributed by atoms with Gasteiger partial charge in [-0.2, -0.15) is 0 Å². The van der Waals surface area contributed by atoms with Gasteiger partial charge in [-0.15, -0.1) is 0 Å². The lowest BCUT2D eigenvalue weighted by molar-refractivity contribution is -0.137. The normalized spacial score (nSPS) is 10.3. The summed E-state index contributed by atoms with van der Waals surface area (Å²) in [5.41, 5.74) is 1.68. The molecule has 0 aliphatic carbocycles. The summed E-state index contributed by atoms with van der Waals surface area (Å²) in [6.07, 6.45) is 5.62. The molecule has 27 heavy (non-hydrogen) atoms. The first-order valence-corrected chi connectivity index (χ1v) is 8.13. The van der Waals surface area contributed by atoms with E-state index < -0.39 is 5.97 Å². The second-order valence-corrected chi connectivity index (χ2v) is 5.12. The minimum atomic E-state index is -0.983. The van der Waals surface area contributed by atoms with Gasteiger partial charge in [0, 0.05) is 12.2 Å². The maximum absolute atomic E-state index is 11.0. The summed E-state index contributed by atoms with van der Waals surface area (Å²) in [6.45, 7) is 2.17. The van der Waals surface area contributed by atoms with E-state index in [0.29, 0.717) is 6.61 Å². The molecule has 0 aliphatic rings. The third-order valence-corrected chi connectivity index (χ3v) is 3.13. The summed E-state index contributed by atoms with van der Waals surface area (Å²) in [4.78, 5) is 21.1. The molecule has 2 aromatic carbocycles. The molecule has 0 bridgehead atoms. The number of methoxy groups -OCH3 is 1. The number of benzene rings is 2. The zero-order valence-electron chi connectivity index (χ0n) is 15.2. The number of aromatic hydroxyl groups is 1. The van der Waals surface area contributed by atoms with Gasteiger partial charge in [-0.3, -0.25) is 0 Å². The Hall–Kier alpha value is -3.54. The molecule has 0 aliphatic heterocycles. The highest BCUT2D eigenvalue weighted by atomic mass is 16.5. The highest BCUT2D eigenvalue weighted by Gasteiger charge is 1.94. The lowest BCUT2D eigenvalue weighted by Crippen LogP contribution is -1.98. The fraction of sp³-hybridized carbons (Fsp3) is 0.143. The smallest absolute Gasteiger partial charge is 0.330 e. The van der Waals surface area contributed by atoms with Crippen LogP contribution < -0.4 is 4.74 Å². The first-order chi connectivity index (χ1) is 12.9. The van der Waals surface area contributed by atoms with Crippen molar-refractivity contribution in [3.63, 3.8) is 0 Å². The number of hydrogen-bond donors (Lipinski definition) is 2. The average molecular weight is 370 g/mol. The Kier molecular flexibility index (Phi) is 9.49. The number of carbonyl (C=O) groups is 2. The fourth-order valence-corrected chi connectivity index (χ4v) is 1.82. The van der Waals surface area contributed by atoms with Crippen LogP contribution in [0.15, 0.2) is 60.7 Å². The summed E-state index contributed by atoms with van der Waals surface area (Å²) in [5.74, 6) is -0.345. The van der Waals surface area contributed by atoms with Gasteiger partial charge in [0.05, 0.1) is 13.7 Å². The van der Waals surface area contributed by atoms with E-state index in [9.17, 15) is 9.59 Å². The second-order valence-electron chi connectivity index (χ2n) is 5.12. The molecule has 0 spiro atoms. The van der Waals surface area contributed by atoms with E-state index in [1.807, 2.05) is 24.3 Å². The third kappa shape index (κ3) is 9.50. The summed E-state index contributed by atoms with van der Waals surface area (Å²) in [6, 6.07) is 13.7. The molecule has 2 aromatic rings. The number of ether oxygens (including phenoxy) is 2. The van der Waals surface area contributed by atoms with Crippen molar-refractivity contribution in [2.24, 2.45) is 0 Å². The van der Waals surface area contributed by atoms with Gasteiger partial charge in [0.15, 0.2) is 0 Å². The molecule has 0 unspecified atom stereocenters. The standard InChI is InChI=1S/C12H14O3.C9H8O3/c1-3-15-12(13)9-6-10-4-7-11(14-2)8-5-10;10-8-4-1-7(2-5-8)3-6-9(11)12/h4-9H,3H2,1-2H3;1-6,10H,(H,11,12)/b9-6+;6-3+. The molecule has 0 atom stereocenters. The number of aliphatic carboxylic acids is 1. The predicted molar refractivity (Wildman–Crippen MR) is 103 cm³/mol. The van der Waals surface area contributed by atoms with Crippen molar-refractivity contribution in [2.75, 3.05) is 13.7 Å². The highest BCUT2D eigenvalue weighted by molar-refractivity contribution is 5.87. The Bertz CT molecular complexity index is 773. The molecule has 0 amide bonds. The van der Waals surface area contributed by atoms with E-state index in [1.54, 1.807) is 32.2 Å². The van der Waals surface area contributed by atoms with Crippen molar-refractivity contribution in [2.45, 2.75) is 6.92 Å². The third-order valence-electron chi connectivity index (χ3n) is 3.13. The van der Waals surface area contributed by atoms with Crippen molar-refractivity contribution in [1.29, 1.82) is 0 Å². The summed E-state index contributed by atoms with van der Waals surface area (Å²) >= 11 is 0. The molecule has 0 fully saturated rings. The minimum absolute atomic E-state index is 0.169. The monoisotopic (exact) mass is 370 g/mol. The van der Waals surface area contributed by atoms with Crippen LogP contribution in [0.2, 0.25) is 0 Å². The Balaban J connectivity index is 0.000000277. The molecular weight excluding hydrogens is 348 g/mol. The van der Waals surface area contributed by atoms with Gasteiger partial charge in [0.2, 0.25) is 0 Å². The number of phenolic OH excluding ortho intramolecular Hbond substituents is 1. The first kappa shape index (κ1) is 21.5. The van der Waals surface area contributed by atoms with Crippen LogP contribution in [0.3, 0.4) is 0 Å². The average Bonchev–Trinajstić information content (AvgIpc) is 2.67. The van der Waals surface area contributed by atoms with Crippen LogP contribution in [-0.2, 0) is 14.3 Å². The molecule has 0 saturated heterocycles. The molecule has 0 aromatic heterocycles. The number of carboxylic acids is 1. The van der Waals surface area contributed by atoms with Crippen molar-refractivity contribution in [1.82, 2.24) is 0 Å². The van der Waals surface area contributed by atoms with Crippen molar-refractivity contribution >= 4 is 24.1 Å². The zero-order chi connectivity index (χ0) is 20.1. The van der Waals surface area contributed by atoms with Crippen molar-refractivity contribution < 1.29 is 29.3 Å². The first-order valence-electron chi connectivity index (χ1n) is 8.13. The van der Waals surface area contributed by atoms with Crippen LogP contribution >= 0.6 is 0 Å². The predicted octanol–water partition coefficient (Wildman–Crippen LogP) is 3.76. The lowest BCUT2D eigenvalue weighted by Gasteiger charge is -1.99. The Morgan fingerprint density at radius 1 is 0.926 bits per heavy atom. The van der Waals surface area contributed by atoms with Gasteiger partial charge in [-0.1, -0.05) is 24.3 Å². The topological polar surface area (TPSA) is 93.1 Å². The molecule has 6 nitrogen and oxygen atoms in total. The summed E-state index contributed by atoms with van der Waals surface area (Å²) in [5, 5.41) is 17.2. The van der Waals surface area contributed by atoms with Gasteiger partial charge in [0.25, 0.3) is 0 Å². The van der Waals surface area contributed by atoms with E-state index in [0.717, 1.165) is 23.0 Å². The van der Waals surface area contributed by atoms with E-state index in [1.165, 1.54) is 24.3 Å². The zero-order valence-corrected chi connectivity index (χ0v) is 15.2. The summed E-state index contributed by atoms with van der Waals surface area (Å²) in [7, 11) is 1.61. The van der Waals surface area contributed by atoms with E-state index in [-0.39, 0.29) is 11.7 Å². The number of rotatable bonds is 6. The molecule has 0 heterocycles. The quantitative estimate of drug-likeness (QED) is 0.594. The minimum Gasteiger partial charge on any atom is -0.508 e. The Labute approximate surface area is 158 Å². The molecule has 0 radical (unpaired) electrons. The maximum atomic E-state index is 11.0. The summed E-state index contributed by atoms with van der Waals surface area (Å²) < 4.78 is 9.78. The fourth-order valence-electron chi connectivity index (χ4n) is 1.82. The van der Waals surface area contributed by atoms with E-state index >= 15 is 0 Å². The molecule has 0 saturated carbocycles. The lowest BCUT2D eigenvalue weighted by atomic mass is 10.2. The van der Waals surface area contributed by atoms with E-state index in [2.05, 4.69) is 0 Å². The molecular formula is C21H22O6. The van der Waals surface area contributed by atoms with Crippen LogP contribution in [0.5, 0.6) is 11.5 Å². The van der Waals surface area contributed by atoms with Crippen molar-refractivity contribution in [3.05, 3.63) is 71.8 Å². The number of hydrogen-bond acceptors (Lipinski definition) is 5. The second kappa shape index (κ2) is 11.9. The Morgan fingerprint density at radius 3 is 1.93 bits per heavy atom. The number of carbonyl (C=O) groups excluding carboxylic acids is 1. The largest absolute Gasteiger partial charge is 0.508 e. The number of esters is 1. The van der Waals surface area contributed by atoms with Crippen LogP contribution in [0.1, 0.15) is 18.1 Å². The van der Waals surface area contributed by atoms with Gasteiger partial charge in [-0.05, 0) is 54.5 Å². The maximum Gasteiger partial charge on any atom is 0.330 e. The van der Waals surface area contributed by atoms with E-state index in [4.69, 9.17) is 19.7 Å². The van der Waals surface area contributed by atoms with Gasteiger partial charge in [-0.25, -0.2) is 9.59 Å². The molecule has 2 rings (SSSR count). The van der Waals surface area contributed by atoms with Crippen LogP contribution in [0.25, 0.3) is 12.2 Å².